The number of amides is 1. The summed E-state index contributed by atoms with van der Waals surface area (Å²) in [5.41, 5.74) is 4.54. The monoisotopic (exact) mass is 394 g/mol. The summed E-state index contributed by atoms with van der Waals surface area (Å²) in [7, 11) is 0. The van der Waals surface area contributed by atoms with Crippen molar-refractivity contribution in [3.05, 3.63) is 120 Å². The number of carbonyl (C=O) groups excluding carboxylic acids is 1. The van der Waals surface area contributed by atoms with Crippen LogP contribution in [0, 0.1) is 0 Å². The molecule has 2 aromatic carbocycles. The molecule has 2 heterocycles. The van der Waals surface area contributed by atoms with Crippen molar-refractivity contribution < 1.29 is 4.79 Å². The maximum atomic E-state index is 12.7. The summed E-state index contributed by atoms with van der Waals surface area (Å²) in [4.78, 5) is 23.3. The van der Waals surface area contributed by atoms with Gasteiger partial charge in [-0.1, -0.05) is 54.6 Å². The molecule has 5 nitrogen and oxygen atoms in total. The van der Waals surface area contributed by atoms with Crippen LogP contribution in [0.5, 0.6) is 0 Å². The van der Waals surface area contributed by atoms with Crippen molar-refractivity contribution in [2.45, 2.75) is 13.1 Å². The maximum absolute atomic E-state index is 12.7. The zero-order valence-corrected chi connectivity index (χ0v) is 16.5. The van der Waals surface area contributed by atoms with Gasteiger partial charge in [0.05, 0.1) is 17.4 Å². The third kappa shape index (κ3) is 4.89. The van der Waals surface area contributed by atoms with Crippen LogP contribution >= 0.6 is 0 Å². The van der Waals surface area contributed by atoms with Crippen LogP contribution < -0.4 is 10.2 Å². The largest absolute Gasteiger partial charge is 0.348 e. The topological polar surface area (TPSA) is 58.1 Å². The molecule has 4 aromatic rings. The molecule has 5 heteroatoms. The summed E-state index contributed by atoms with van der Waals surface area (Å²) < 4.78 is 0. The number of anilines is 2. The molecule has 0 unspecified atom stereocenters. The van der Waals surface area contributed by atoms with Crippen LogP contribution in [-0.4, -0.2) is 15.9 Å². The molecule has 1 amide bonds. The fraction of sp³-hybridized carbons (Fsp3) is 0.0800. The molecule has 0 atom stereocenters. The van der Waals surface area contributed by atoms with Gasteiger partial charge in [-0.15, -0.1) is 0 Å². The first-order chi connectivity index (χ1) is 14.8. The lowest BCUT2D eigenvalue weighted by Crippen LogP contribution is -2.24. The van der Waals surface area contributed by atoms with Crippen LogP contribution in [0.3, 0.4) is 0 Å². The van der Waals surface area contributed by atoms with Crippen LogP contribution in [0.1, 0.15) is 21.5 Å². The summed E-state index contributed by atoms with van der Waals surface area (Å²) >= 11 is 0. The fourth-order valence-electron chi connectivity index (χ4n) is 3.19. The number of benzene rings is 2. The van der Waals surface area contributed by atoms with Gasteiger partial charge < -0.3 is 10.2 Å². The highest BCUT2D eigenvalue weighted by molar-refractivity contribution is 5.94. The van der Waals surface area contributed by atoms with Crippen molar-refractivity contribution in [3.8, 4) is 0 Å². The van der Waals surface area contributed by atoms with Crippen LogP contribution in [0.25, 0.3) is 0 Å². The highest BCUT2D eigenvalue weighted by atomic mass is 16.1. The van der Waals surface area contributed by atoms with Crippen molar-refractivity contribution in [3.63, 3.8) is 0 Å². The summed E-state index contributed by atoms with van der Waals surface area (Å²) in [6.45, 7) is 1.09. The molecule has 1 N–H and O–H groups in total. The SMILES string of the molecule is O=C(NCc1cccnc1)c1cncc(N(Cc2ccccc2)c2ccccc2)c1. The van der Waals surface area contributed by atoms with Gasteiger partial charge in [-0.05, 0) is 35.4 Å². The van der Waals surface area contributed by atoms with Crippen LogP contribution in [0.2, 0.25) is 0 Å². The van der Waals surface area contributed by atoms with Gasteiger partial charge in [0.2, 0.25) is 0 Å². The molecule has 30 heavy (non-hydrogen) atoms. The van der Waals surface area contributed by atoms with E-state index in [-0.39, 0.29) is 5.91 Å². The Morgan fingerprint density at radius 3 is 2.23 bits per heavy atom. The van der Waals surface area contributed by atoms with E-state index in [9.17, 15) is 4.79 Å². The van der Waals surface area contributed by atoms with Gasteiger partial charge in [-0.2, -0.15) is 0 Å². The average molecular weight is 394 g/mol. The Bertz CT molecular complexity index is 1090. The third-order valence-corrected chi connectivity index (χ3v) is 4.72. The van der Waals surface area contributed by atoms with Crippen molar-refractivity contribution in [1.82, 2.24) is 15.3 Å². The number of hydrogen-bond donors (Lipinski definition) is 1. The Morgan fingerprint density at radius 1 is 0.767 bits per heavy atom. The van der Waals surface area contributed by atoms with Gasteiger partial charge in [0.1, 0.15) is 0 Å². The fourth-order valence-corrected chi connectivity index (χ4v) is 3.19. The van der Waals surface area contributed by atoms with Crippen LogP contribution in [-0.2, 0) is 13.1 Å². The Balaban J connectivity index is 1.57. The Morgan fingerprint density at radius 2 is 1.50 bits per heavy atom. The quantitative estimate of drug-likeness (QED) is 0.492. The Labute approximate surface area is 176 Å². The molecule has 0 aliphatic rings. The minimum atomic E-state index is -0.166. The number of hydrogen-bond acceptors (Lipinski definition) is 4. The van der Waals surface area contributed by atoms with Gasteiger partial charge in [0.25, 0.3) is 5.91 Å². The second kappa shape index (κ2) is 9.47. The van der Waals surface area contributed by atoms with Crippen molar-refractivity contribution >= 4 is 17.3 Å². The van der Waals surface area contributed by atoms with Gasteiger partial charge in [-0.25, -0.2) is 0 Å². The maximum Gasteiger partial charge on any atom is 0.253 e. The zero-order valence-electron chi connectivity index (χ0n) is 16.5. The van der Waals surface area contributed by atoms with Crippen molar-refractivity contribution in [1.29, 1.82) is 0 Å². The number of para-hydroxylation sites is 1. The summed E-state index contributed by atoms with van der Waals surface area (Å²) in [6, 6.07) is 26.0. The summed E-state index contributed by atoms with van der Waals surface area (Å²) in [5, 5.41) is 2.93. The first-order valence-corrected chi connectivity index (χ1v) is 9.78. The number of nitrogens with one attached hydrogen (secondary N) is 1. The van der Waals surface area contributed by atoms with Gasteiger partial charge in [0, 0.05) is 37.4 Å². The van der Waals surface area contributed by atoms with Gasteiger partial charge >= 0.3 is 0 Å². The molecule has 2 aromatic heterocycles. The molecule has 0 bridgehead atoms. The summed E-state index contributed by atoms with van der Waals surface area (Å²) in [6.07, 6.45) is 6.83. The zero-order chi connectivity index (χ0) is 20.6. The van der Waals surface area contributed by atoms with Crippen molar-refractivity contribution in [2.75, 3.05) is 4.90 Å². The van der Waals surface area contributed by atoms with E-state index in [4.69, 9.17) is 0 Å². The minimum Gasteiger partial charge on any atom is -0.348 e. The van der Waals surface area contributed by atoms with E-state index >= 15 is 0 Å². The second-order valence-corrected chi connectivity index (χ2v) is 6.88. The molecule has 4 rings (SSSR count). The average Bonchev–Trinajstić information content (AvgIpc) is 2.83. The molecule has 0 fully saturated rings. The molecule has 148 valence electrons. The smallest absolute Gasteiger partial charge is 0.253 e. The lowest BCUT2D eigenvalue weighted by atomic mass is 10.1. The van der Waals surface area contributed by atoms with Gasteiger partial charge in [-0.3, -0.25) is 14.8 Å². The molecule has 0 spiro atoms. The Hall–Kier alpha value is -3.99. The molecule has 0 aliphatic heterocycles. The molecular weight excluding hydrogens is 372 g/mol. The van der Waals surface area contributed by atoms with E-state index in [0.29, 0.717) is 18.7 Å². The number of aromatic nitrogens is 2. The van der Waals surface area contributed by atoms with E-state index in [1.54, 1.807) is 24.8 Å². The van der Waals surface area contributed by atoms with Crippen LogP contribution in [0.4, 0.5) is 11.4 Å². The highest BCUT2D eigenvalue weighted by Crippen LogP contribution is 2.27. The molecule has 0 radical (unpaired) electrons. The lowest BCUT2D eigenvalue weighted by molar-refractivity contribution is 0.0950. The minimum absolute atomic E-state index is 0.166. The number of carbonyl (C=O) groups is 1. The first-order valence-electron chi connectivity index (χ1n) is 9.78. The molecule has 0 saturated heterocycles. The first kappa shape index (κ1) is 19.3. The van der Waals surface area contributed by atoms with E-state index < -0.39 is 0 Å². The van der Waals surface area contributed by atoms with Crippen LogP contribution in [0.15, 0.2) is 104 Å². The predicted octanol–water partition coefficient (Wildman–Crippen LogP) is 4.74. The normalized spacial score (nSPS) is 10.4. The van der Waals surface area contributed by atoms with Gasteiger partial charge in [0.15, 0.2) is 0 Å². The number of pyridine rings is 2. The van der Waals surface area contributed by atoms with E-state index in [2.05, 4.69) is 44.5 Å². The van der Waals surface area contributed by atoms with E-state index in [0.717, 1.165) is 16.9 Å². The van der Waals surface area contributed by atoms with Crippen molar-refractivity contribution in [2.24, 2.45) is 0 Å². The number of nitrogens with zero attached hydrogens (tertiary/aromatic N) is 3. The molecular formula is C25H22N4O. The lowest BCUT2D eigenvalue weighted by Gasteiger charge is -2.25. The number of rotatable bonds is 7. The van der Waals surface area contributed by atoms with E-state index in [1.165, 1.54) is 5.56 Å². The Kier molecular flexibility index (Phi) is 6.11. The second-order valence-electron chi connectivity index (χ2n) is 6.88. The van der Waals surface area contributed by atoms with E-state index in [1.807, 2.05) is 54.6 Å². The summed E-state index contributed by atoms with van der Waals surface area (Å²) in [5.74, 6) is -0.166. The standard InChI is InChI=1S/C25H22N4O/c30-25(28-16-21-10-7-13-26-15-21)22-14-24(18-27-17-22)29(23-11-5-2-6-12-23)19-20-8-3-1-4-9-20/h1-15,17-18H,16,19H2,(H,28,30). The molecule has 0 saturated carbocycles. The molecule has 0 aliphatic carbocycles. The third-order valence-electron chi connectivity index (χ3n) is 4.72. The predicted molar refractivity (Wildman–Crippen MR) is 118 cm³/mol. The highest BCUT2D eigenvalue weighted by Gasteiger charge is 2.14.